The van der Waals surface area contributed by atoms with E-state index in [1.807, 2.05) is 0 Å². The molecule has 1 aromatic heterocycles. The molecule has 6 atom stereocenters. The zero-order chi connectivity index (χ0) is 32.0. The van der Waals surface area contributed by atoms with Crippen LogP contribution in [0.3, 0.4) is 0 Å². The average molecular weight is 659 g/mol. The number of nitrogens with one attached hydrogen (secondary N) is 1. The van der Waals surface area contributed by atoms with Gasteiger partial charge >= 0.3 is 57.1 Å². The van der Waals surface area contributed by atoms with E-state index in [-0.39, 0.29) is 95.3 Å². The molecule has 1 aromatic rings. The summed E-state index contributed by atoms with van der Waals surface area (Å²) in [6.45, 7) is 0.818. The summed E-state index contributed by atoms with van der Waals surface area (Å²) in [5.41, 5.74) is 4.93. The van der Waals surface area contributed by atoms with Gasteiger partial charge in [0.15, 0.2) is 6.29 Å². The molecule has 2 aliphatic heterocycles. The molecule has 8 N–H and O–H groups in total. The fraction of sp³-hybridized carbons (Fsp3) is 0.800. The molecule has 2 radical (unpaired) electrons. The number of rotatable bonds is 16. The maximum atomic E-state index is 11.6. The minimum absolute atomic E-state index is 0. The molecule has 0 spiro atoms. The number of aromatic nitrogens is 2. The molecule has 0 bridgehead atoms. The van der Waals surface area contributed by atoms with Gasteiger partial charge in [-0.1, -0.05) is 0 Å². The van der Waals surface area contributed by atoms with E-state index in [2.05, 4.69) is 23.1 Å². The van der Waals surface area contributed by atoms with Crippen LogP contribution in [0.15, 0.2) is 17.1 Å². The molecule has 2 saturated heterocycles. The molecular weight excluding hydrogens is 614 g/mol. The van der Waals surface area contributed by atoms with Crippen molar-refractivity contribution in [1.29, 1.82) is 0 Å². The molecule has 6 unspecified atom stereocenters. The Morgan fingerprint density at radius 3 is 2.50 bits per heavy atom. The van der Waals surface area contributed by atoms with Crippen LogP contribution in [0.5, 0.6) is 0 Å². The number of amides is 1. The first-order valence-corrected chi connectivity index (χ1v) is 13.9. The number of hydrogen-bond acceptors (Lipinski definition) is 15. The van der Waals surface area contributed by atoms with Gasteiger partial charge < -0.3 is 65.3 Å². The topological polar surface area (TPSA) is 260 Å². The minimum Gasteiger partial charge on any atom is -0.853 e. The first-order valence-electron chi connectivity index (χ1n) is 13.9. The number of ether oxygens (including phenoxy) is 5. The van der Waals surface area contributed by atoms with Crippen molar-refractivity contribution in [2.75, 3.05) is 58.7 Å². The van der Waals surface area contributed by atoms with E-state index >= 15 is 0 Å². The van der Waals surface area contributed by atoms with E-state index in [9.17, 15) is 24.9 Å². The Bertz CT molecular complexity index is 938. The first kappa shape index (κ1) is 43.4. The largest absolute Gasteiger partial charge is 1.00 e. The minimum atomic E-state index is -1.12. The number of anilines is 1. The second-order valence-corrected chi connectivity index (χ2v) is 9.41. The van der Waals surface area contributed by atoms with Crippen molar-refractivity contribution in [3.63, 3.8) is 0 Å². The third-order valence-electron chi connectivity index (χ3n) is 6.28. The van der Waals surface area contributed by atoms with Crippen molar-refractivity contribution in [2.45, 2.75) is 75.5 Å². The number of hydrogen-bond donors (Lipinski definition) is 7. The Labute approximate surface area is 299 Å². The van der Waals surface area contributed by atoms with Crippen molar-refractivity contribution in [3.05, 3.63) is 22.7 Å². The standard InChI is InChI=1S/C16H31NO9.C9H12N3O3.BHO.K/c18-10-13-16(22)12(20)9-15(26-13)25-5-2-1-3-14(21)17-4-6-23-7-8-24-11-19;10-7-3-4-12(9(14)11-7)8-2-1-6(5-13)15-8;1-2;/h12-13,15-16,18-20,22H,1-11H2,(H,17,21);3-4,6,8H,1-2,5H2,(H2,10,11,14);2H;/q;-1;;+1. The Morgan fingerprint density at radius 2 is 1.86 bits per heavy atom. The van der Waals surface area contributed by atoms with Crippen LogP contribution in [0.2, 0.25) is 0 Å². The van der Waals surface area contributed by atoms with Gasteiger partial charge in [0.25, 0.3) is 8.05 Å². The normalized spacial score (nSPS) is 24.2. The zero-order valence-electron chi connectivity index (χ0n) is 25.1. The second kappa shape index (κ2) is 26.5. The van der Waals surface area contributed by atoms with Gasteiger partial charge in [-0.15, -0.1) is 6.61 Å². The molecule has 44 heavy (non-hydrogen) atoms. The van der Waals surface area contributed by atoms with Crippen molar-refractivity contribution in [2.24, 2.45) is 0 Å². The maximum Gasteiger partial charge on any atom is 1.00 e. The van der Waals surface area contributed by atoms with Gasteiger partial charge in [-0.25, -0.2) is 4.79 Å². The summed E-state index contributed by atoms with van der Waals surface area (Å²) in [6, 6.07) is 1.54. The summed E-state index contributed by atoms with van der Waals surface area (Å²) in [5.74, 6) is 0.114. The van der Waals surface area contributed by atoms with Crippen LogP contribution < -0.4 is 73.2 Å². The fourth-order valence-corrected chi connectivity index (χ4v) is 4.07. The van der Waals surface area contributed by atoms with Crippen LogP contribution in [-0.2, 0) is 28.5 Å². The number of carbonyl (C=O) groups is 1. The van der Waals surface area contributed by atoms with Crippen molar-refractivity contribution in [1.82, 2.24) is 14.9 Å². The van der Waals surface area contributed by atoms with E-state index in [0.29, 0.717) is 65.1 Å². The number of carbonyl (C=O) groups excluding carboxylic acids is 1. The van der Waals surface area contributed by atoms with Gasteiger partial charge in [0, 0.05) is 38.3 Å². The summed E-state index contributed by atoms with van der Waals surface area (Å²) in [4.78, 5) is 26.7. The zero-order valence-corrected chi connectivity index (χ0v) is 28.2. The van der Waals surface area contributed by atoms with Crippen molar-refractivity contribution >= 4 is 19.8 Å². The Morgan fingerprint density at radius 1 is 1.14 bits per heavy atom. The van der Waals surface area contributed by atoms with Crippen molar-refractivity contribution < 1.29 is 110 Å². The molecule has 19 heteroatoms. The molecule has 2 aliphatic rings. The monoisotopic (exact) mass is 658 g/mol. The van der Waals surface area contributed by atoms with Crippen LogP contribution in [0, 0.1) is 0 Å². The van der Waals surface area contributed by atoms with Crippen molar-refractivity contribution in [3.8, 4) is 0 Å². The summed E-state index contributed by atoms with van der Waals surface area (Å²) < 4.78 is 27.5. The molecule has 0 aliphatic carbocycles. The summed E-state index contributed by atoms with van der Waals surface area (Å²) in [6.07, 6.45) is 0.380. The van der Waals surface area contributed by atoms with E-state index < -0.39 is 36.9 Å². The molecule has 246 valence electrons. The van der Waals surface area contributed by atoms with Crippen LogP contribution in [-0.4, -0.2) is 133 Å². The van der Waals surface area contributed by atoms with E-state index in [0.717, 1.165) is 0 Å². The molecule has 17 nitrogen and oxygen atoms in total. The predicted molar refractivity (Wildman–Crippen MR) is 148 cm³/mol. The summed E-state index contributed by atoms with van der Waals surface area (Å²) in [7, 11) is 3.50. The smallest absolute Gasteiger partial charge is 0.853 e. The number of nitrogens with two attached hydrogens (primary N) is 1. The number of aliphatic hydroxyl groups excluding tert-OH is 4. The van der Waals surface area contributed by atoms with Gasteiger partial charge in [-0.05, 0) is 31.7 Å². The summed E-state index contributed by atoms with van der Waals surface area (Å²) >= 11 is 0. The molecule has 2 fully saturated rings. The maximum absolute atomic E-state index is 11.6. The number of nitrogens with zero attached hydrogens (tertiary/aromatic N) is 2. The van der Waals surface area contributed by atoms with Gasteiger partial charge in [0.1, 0.15) is 31.0 Å². The van der Waals surface area contributed by atoms with Gasteiger partial charge in [-0.3, -0.25) is 9.36 Å². The third kappa shape index (κ3) is 17.4. The Balaban J connectivity index is 0.000000869. The molecule has 3 heterocycles. The molecule has 0 aromatic carbocycles. The molecule has 3 rings (SSSR count). The quantitative estimate of drug-likeness (QED) is 0.0495. The van der Waals surface area contributed by atoms with Crippen LogP contribution in [0.1, 0.15) is 44.8 Å². The van der Waals surface area contributed by atoms with E-state index in [1.54, 1.807) is 6.20 Å². The van der Waals surface area contributed by atoms with E-state index in [4.69, 9.17) is 39.9 Å². The van der Waals surface area contributed by atoms with E-state index in [1.165, 1.54) is 10.6 Å². The molecule has 1 amide bonds. The molecular formula is C25H44BKN4O13. The van der Waals surface area contributed by atoms with Crippen LogP contribution in [0.4, 0.5) is 5.82 Å². The Hall–Kier alpha value is -0.589. The number of aliphatic hydroxyl groups is 4. The second-order valence-electron chi connectivity index (χ2n) is 9.41. The fourth-order valence-electron chi connectivity index (χ4n) is 4.07. The van der Waals surface area contributed by atoms with Crippen LogP contribution in [0.25, 0.3) is 0 Å². The van der Waals surface area contributed by atoms with Crippen LogP contribution >= 0.6 is 0 Å². The first-order chi connectivity index (χ1) is 20.8. The average Bonchev–Trinajstić information content (AvgIpc) is 3.48. The summed E-state index contributed by atoms with van der Waals surface area (Å²) in [5, 5.41) is 56.6. The molecule has 0 saturated carbocycles. The number of unbranched alkanes of at least 4 members (excludes halogenated alkanes) is 1. The third-order valence-corrected chi connectivity index (χ3v) is 6.28. The SMILES string of the molecule is Nc1ccn(C2CCC(C[O-])O2)c(=O)n1.O=C(CCCCOC1CC(O)C(O)C(CO)O1)NCCOCCOCO.[B]O.[K+]. The van der Waals surface area contributed by atoms with Gasteiger partial charge in [-0.2, -0.15) is 4.98 Å². The predicted octanol–water partition coefficient (Wildman–Crippen LogP) is -6.97. The Kier molecular flexibility index (Phi) is 26.1. The number of nitrogen functional groups attached to an aromatic ring is 1. The van der Waals surface area contributed by atoms with Gasteiger partial charge in [0.05, 0.1) is 32.5 Å². The van der Waals surface area contributed by atoms with Gasteiger partial charge in [0.2, 0.25) is 5.91 Å².